The van der Waals surface area contributed by atoms with Gasteiger partial charge in [0.1, 0.15) is 11.6 Å². The van der Waals surface area contributed by atoms with Crippen LogP contribution in [0.2, 0.25) is 0 Å². The second kappa shape index (κ2) is 5.61. The number of hydrogen-bond donors (Lipinski definition) is 5. The Morgan fingerprint density at radius 1 is 1.67 bits per heavy atom. The number of carbonyl (C=O) groups excluding carboxylic acids is 1. The van der Waals surface area contributed by atoms with Crippen LogP contribution in [0, 0.1) is 0 Å². The van der Waals surface area contributed by atoms with Gasteiger partial charge < -0.3 is 26.9 Å². The Bertz CT molecular complexity index is 415. The number of aliphatic carboxylic acids is 1. The minimum atomic E-state index is -1.25. The number of hydrogen-bond acceptors (Lipinski definition) is 5. The number of H-pyrrole nitrogens is 1. The molecule has 0 aromatic carbocycles. The van der Waals surface area contributed by atoms with E-state index in [1.165, 1.54) is 19.4 Å². The smallest absolute Gasteiger partial charge is 0.320 e. The summed E-state index contributed by atoms with van der Waals surface area (Å²) in [6.07, 6.45) is 3.02. The lowest BCUT2D eigenvalue weighted by molar-refractivity contribution is -0.138. The molecule has 1 amide bonds. The molecular weight excluding hydrogens is 238 g/mol. The molecule has 7 N–H and O–H groups in total. The number of carboxylic acid groups (broad SMARTS) is 1. The minimum absolute atomic E-state index is 0.139. The topological polar surface area (TPSA) is 147 Å². The maximum atomic E-state index is 11.8. The third-order valence-corrected chi connectivity index (χ3v) is 2.59. The van der Waals surface area contributed by atoms with Gasteiger partial charge in [0, 0.05) is 6.54 Å². The lowest BCUT2D eigenvalue weighted by Gasteiger charge is -2.22. The van der Waals surface area contributed by atoms with Crippen molar-refractivity contribution in [3.63, 3.8) is 0 Å². The molecule has 8 nitrogen and oxygen atoms in total. The first-order valence-corrected chi connectivity index (χ1v) is 5.40. The summed E-state index contributed by atoms with van der Waals surface area (Å²) in [5, 5.41) is 11.1. The average Bonchev–Trinajstić information content (AvgIpc) is 2.82. The van der Waals surface area contributed by atoms with Gasteiger partial charge >= 0.3 is 5.97 Å². The Morgan fingerprint density at radius 2 is 2.33 bits per heavy atom. The first-order valence-electron chi connectivity index (χ1n) is 5.40. The van der Waals surface area contributed by atoms with Crippen LogP contribution in [-0.2, 0) is 15.1 Å². The van der Waals surface area contributed by atoms with E-state index in [9.17, 15) is 9.59 Å². The van der Waals surface area contributed by atoms with E-state index in [4.69, 9.17) is 16.6 Å². The van der Waals surface area contributed by atoms with Gasteiger partial charge in [-0.2, -0.15) is 0 Å². The standard InChI is InChI=1S/C10H17N5O3/c1-10(12,7-4-13-5-15-7)9(18)14-3-2-6(11)8(16)17/h4-6H,2-3,11-12H2,1H3,(H,13,15)(H,14,18)(H,16,17)/t6-,10-/m0/s1. The minimum Gasteiger partial charge on any atom is -0.480 e. The van der Waals surface area contributed by atoms with Crippen LogP contribution in [0.1, 0.15) is 19.0 Å². The quantitative estimate of drug-likeness (QED) is 0.418. The van der Waals surface area contributed by atoms with Crippen LogP contribution < -0.4 is 16.8 Å². The summed E-state index contributed by atoms with van der Waals surface area (Å²) in [7, 11) is 0. The Hall–Kier alpha value is -1.93. The first-order chi connectivity index (χ1) is 8.35. The summed E-state index contributed by atoms with van der Waals surface area (Å²) in [5.74, 6) is -1.53. The largest absolute Gasteiger partial charge is 0.480 e. The van der Waals surface area contributed by atoms with Crippen LogP contribution in [0.3, 0.4) is 0 Å². The number of nitrogens with one attached hydrogen (secondary N) is 2. The summed E-state index contributed by atoms with van der Waals surface area (Å²) in [5.41, 5.74) is 10.4. The maximum absolute atomic E-state index is 11.8. The lowest BCUT2D eigenvalue weighted by atomic mass is 9.99. The van der Waals surface area contributed by atoms with Crippen molar-refractivity contribution in [2.24, 2.45) is 11.5 Å². The molecule has 0 aliphatic rings. The summed E-state index contributed by atoms with van der Waals surface area (Å²) >= 11 is 0. The van der Waals surface area contributed by atoms with E-state index in [1.54, 1.807) is 0 Å². The van der Waals surface area contributed by atoms with Gasteiger partial charge in [0.25, 0.3) is 0 Å². The molecule has 0 spiro atoms. The Labute approximate surface area is 104 Å². The van der Waals surface area contributed by atoms with Crippen molar-refractivity contribution in [3.8, 4) is 0 Å². The van der Waals surface area contributed by atoms with Gasteiger partial charge in [0.05, 0.1) is 18.2 Å². The molecule has 0 fully saturated rings. The predicted molar refractivity (Wildman–Crippen MR) is 63.4 cm³/mol. The number of carboxylic acids is 1. The second-order valence-electron chi connectivity index (χ2n) is 4.16. The van der Waals surface area contributed by atoms with Crippen molar-refractivity contribution in [1.29, 1.82) is 0 Å². The van der Waals surface area contributed by atoms with E-state index in [0.717, 1.165) is 0 Å². The van der Waals surface area contributed by atoms with E-state index >= 15 is 0 Å². The molecule has 1 aromatic rings. The van der Waals surface area contributed by atoms with Crippen LogP contribution in [0.4, 0.5) is 0 Å². The van der Waals surface area contributed by atoms with Gasteiger partial charge in [0.15, 0.2) is 0 Å². The van der Waals surface area contributed by atoms with Crippen LogP contribution in [0.25, 0.3) is 0 Å². The van der Waals surface area contributed by atoms with Gasteiger partial charge in [-0.25, -0.2) is 4.98 Å². The number of amides is 1. The van der Waals surface area contributed by atoms with Crippen LogP contribution in [0.5, 0.6) is 0 Å². The fraction of sp³-hybridized carbons (Fsp3) is 0.500. The summed E-state index contributed by atoms with van der Waals surface area (Å²) in [6.45, 7) is 1.68. The molecule has 0 aliphatic carbocycles. The monoisotopic (exact) mass is 255 g/mol. The number of nitrogens with two attached hydrogens (primary N) is 2. The predicted octanol–water partition coefficient (Wildman–Crippen LogP) is -1.50. The van der Waals surface area contributed by atoms with Crippen molar-refractivity contribution in [3.05, 3.63) is 18.2 Å². The van der Waals surface area contributed by atoms with Crippen molar-refractivity contribution in [2.75, 3.05) is 6.54 Å². The van der Waals surface area contributed by atoms with Gasteiger partial charge in [0.2, 0.25) is 5.91 Å². The zero-order chi connectivity index (χ0) is 13.8. The maximum Gasteiger partial charge on any atom is 0.320 e. The molecule has 0 saturated carbocycles. The molecular formula is C10H17N5O3. The van der Waals surface area contributed by atoms with Gasteiger partial charge in [-0.1, -0.05) is 0 Å². The number of carbonyl (C=O) groups is 2. The third kappa shape index (κ3) is 3.28. The highest BCUT2D eigenvalue weighted by Crippen LogP contribution is 2.14. The first kappa shape index (κ1) is 14.1. The van der Waals surface area contributed by atoms with Crippen molar-refractivity contribution < 1.29 is 14.7 Å². The van der Waals surface area contributed by atoms with E-state index in [1.807, 2.05) is 0 Å². The normalized spacial score (nSPS) is 15.7. The number of nitrogens with zero attached hydrogens (tertiary/aromatic N) is 1. The van der Waals surface area contributed by atoms with Crippen LogP contribution in [-0.4, -0.2) is 39.5 Å². The highest BCUT2D eigenvalue weighted by molar-refractivity contribution is 5.86. The Kier molecular flexibility index (Phi) is 4.40. The summed E-state index contributed by atoms with van der Waals surface area (Å²) in [4.78, 5) is 28.9. The van der Waals surface area contributed by atoms with E-state index in [-0.39, 0.29) is 13.0 Å². The summed E-state index contributed by atoms with van der Waals surface area (Å²) < 4.78 is 0. The van der Waals surface area contributed by atoms with Gasteiger partial charge in [-0.3, -0.25) is 9.59 Å². The van der Waals surface area contributed by atoms with Crippen molar-refractivity contribution in [1.82, 2.24) is 15.3 Å². The van der Waals surface area contributed by atoms with Crippen molar-refractivity contribution in [2.45, 2.75) is 24.9 Å². The zero-order valence-corrected chi connectivity index (χ0v) is 10.0. The molecule has 0 unspecified atom stereocenters. The molecule has 18 heavy (non-hydrogen) atoms. The third-order valence-electron chi connectivity index (χ3n) is 2.59. The number of imidazole rings is 1. The van der Waals surface area contributed by atoms with Crippen LogP contribution in [0.15, 0.2) is 12.5 Å². The second-order valence-corrected chi connectivity index (χ2v) is 4.16. The van der Waals surface area contributed by atoms with E-state index < -0.39 is 23.5 Å². The number of aromatic nitrogens is 2. The number of rotatable bonds is 6. The molecule has 1 aromatic heterocycles. The molecule has 2 atom stereocenters. The highest BCUT2D eigenvalue weighted by atomic mass is 16.4. The molecule has 0 saturated heterocycles. The van der Waals surface area contributed by atoms with E-state index in [2.05, 4.69) is 15.3 Å². The molecule has 1 rings (SSSR count). The average molecular weight is 255 g/mol. The number of aromatic amines is 1. The fourth-order valence-electron chi connectivity index (χ4n) is 1.31. The molecule has 1 heterocycles. The van der Waals surface area contributed by atoms with Crippen LogP contribution >= 0.6 is 0 Å². The highest BCUT2D eigenvalue weighted by Gasteiger charge is 2.31. The molecule has 100 valence electrons. The SMILES string of the molecule is C[C@@](N)(C(=O)NCC[C@H](N)C(=O)O)c1cnc[nH]1. The van der Waals surface area contributed by atoms with Crippen molar-refractivity contribution >= 4 is 11.9 Å². The fourth-order valence-corrected chi connectivity index (χ4v) is 1.31. The molecule has 0 bridgehead atoms. The zero-order valence-electron chi connectivity index (χ0n) is 10.0. The molecule has 0 radical (unpaired) electrons. The Morgan fingerprint density at radius 3 is 2.83 bits per heavy atom. The van der Waals surface area contributed by atoms with E-state index in [0.29, 0.717) is 5.69 Å². The van der Waals surface area contributed by atoms with Gasteiger partial charge in [-0.15, -0.1) is 0 Å². The molecule has 8 heteroatoms. The van der Waals surface area contributed by atoms with Gasteiger partial charge in [-0.05, 0) is 13.3 Å². The Balaban J connectivity index is 2.48. The molecule has 0 aliphatic heterocycles. The lowest BCUT2D eigenvalue weighted by Crippen LogP contribution is -2.50. The summed E-state index contributed by atoms with van der Waals surface area (Å²) in [6, 6.07) is -0.999.